The van der Waals surface area contributed by atoms with E-state index in [1.807, 2.05) is 0 Å². The molecule has 104 valence electrons. The van der Waals surface area contributed by atoms with Crippen molar-refractivity contribution in [2.75, 3.05) is 6.61 Å². The number of aliphatic hydroxyl groups is 1. The van der Waals surface area contributed by atoms with E-state index in [0.717, 1.165) is 6.08 Å². The van der Waals surface area contributed by atoms with Gasteiger partial charge in [-0.3, -0.25) is 0 Å². The number of aliphatic hydroxyl groups excluding tert-OH is 1. The highest BCUT2D eigenvalue weighted by Gasteiger charge is 2.29. The molecule has 1 aromatic carbocycles. The fourth-order valence-electron chi connectivity index (χ4n) is 1.83. The van der Waals surface area contributed by atoms with Crippen LogP contribution in [0.1, 0.15) is 26.3 Å². The van der Waals surface area contributed by atoms with Crippen molar-refractivity contribution in [3.8, 4) is 0 Å². The number of hydrogen-bond acceptors (Lipinski definition) is 6. The van der Waals surface area contributed by atoms with Crippen molar-refractivity contribution < 1.29 is 29.0 Å². The summed E-state index contributed by atoms with van der Waals surface area (Å²) in [6, 6.07) is 4.57. The van der Waals surface area contributed by atoms with Crippen LogP contribution in [-0.4, -0.2) is 35.7 Å². The van der Waals surface area contributed by atoms with E-state index in [2.05, 4.69) is 11.3 Å². The van der Waals surface area contributed by atoms with Crippen LogP contribution in [0.3, 0.4) is 0 Å². The largest absolute Gasteiger partial charge is 0.460 e. The van der Waals surface area contributed by atoms with Crippen molar-refractivity contribution in [2.45, 2.75) is 12.5 Å². The normalized spacial score (nSPS) is 14.4. The highest BCUT2D eigenvalue weighted by atomic mass is 16.6. The molecule has 0 aromatic heterocycles. The molecular formula is C14H12O6. The Labute approximate surface area is 114 Å². The fourth-order valence-corrected chi connectivity index (χ4v) is 1.83. The highest BCUT2D eigenvalue weighted by molar-refractivity contribution is 6.14. The summed E-state index contributed by atoms with van der Waals surface area (Å²) in [6.45, 7) is 3.06. The molecule has 0 saturated carbocycles. The molecule has 0 fully saturated rings. The molecule has 1 N–H and O–H groups in total. The predicted molar refractivity (Wildman–Crippen MR) is 67.1 cm³/mol. The van der Waals surface area contributed by atoms with Gasteiger partial charge in [-0.05, 0) is 17.7 Å². The van der Waals surface area contributed by atoms with Crippen molar-refractivity contribution in [1.82, 2.24) is 0 Å². The van der Waals surface area contributed by atoms with Crippen LogP contribution in [-0.2, 0) is 20.7 Å². The maximum atomic E-state index is 11.4. The van der Waals surface area contributed by atoms with Crippen LogP contribution in [0.5, 0.6) is 0 Å². The van der Waals surface area contributed by atoms with Crippen LogP contribution in [0.25, 0.3) is 0 Å². The minimum atomic E-state index is -0.912. The van der Waals surface area contributed by atoms with Crippen LogP contribution in [0.15, 0.2) is 30.9 Å². The average molecular weight is 276 g/mol. The second-order valence-corrected chi connectivity index (χ2v) is 4.25. The summed E-state index contributed by atoms with van der Waals surface area (Å²) in [6.07, 6.45) is 0.271. The molecule has 0 saturated heterocycles. The first kappa shape index (κ1) is 14.0. The van der Waals surface area contributed by atoms with Gasteiger partial charge in [0.05, 0.1) is 17.2 Å². The Hall–Kier alpha value is -2.47. The van der Waals surface area contributed by atoms with Crippen LogP contribution in [0, 0.1) is 0 Å². The molecule has 1 aromatic rings. The van der Waals surface area contributed by atoms with Gasteiger partial charge in [0, 0.05) is 12.5 Å². The summed E-state index contributed by atoms with van der Waals surface area (Å²) < 4.78 is 9.17. The lowest BCUT2D eigenvalue weighted by atomic mass is 10.0. The summed E-state index contributed by atoms with van der Waals surface area (Å²) >= 11 is 0. The van der Waals surface area contributed by atoms with Crippen LogP contribution < -0.4 is 0 Å². The standard InChI is InChI=1S/C14H12O6/c1-2-12(16)19-7-9(15)5-8-3-4-10-11(6-8)14(18)20-13(10)17/h2-4,6,9,15H,1,5,7H2. The number of cyclic esters (lactones) is 2. The smallest absolute Gasteiger partial charge is 0.346 e. The molecule has 1 aliphatic rings. The molecule has 1 atom stereocenters. The van der Waals surface area contributed by atoms with Gasteiger partial charge in [-0.1, -0.05) is 12.6 Å². The zero-order chi connectivity index (χ0) is 14.7. The summed E-state index contributed by atoms with van der Waals surface area (Å²) in [7, 11) is 0. The zero-order valence-electron chi connectivity index (χ0n) is 10.5. The van der Waals surface area contributed by atoms with Crippen molar-refractivity contribution in [2.24, 2.45) is 0 Å². The van der Waals surface area contributed by atoms with E-state index < -0.39 is 24.0 Å². The van der Waals surface area contributed by atoms with Gasteiger partial charge >= 0.3 is 17.9 Å². The molecule has 20 heavy (non-hydrogen) atoms. The van der Waals surface area contributed by atoms with Crippen LogP contribution in [0.2, 0.25) is 0 Å². The topological polar surface area (TPSA) is 89.9 Å². The molecule has 0 bridgehead atoms. The predicted octanol–water partition coefficient (Wildman–Crippen LogP) is 0.630. The van der Waals surface area contributed by atoms with Crippen molar-refractivity contribution >= 4 is 17.9 Å². The van der Waals surface area contributed by atoms with Gasteiger partial charge in [-0.25, -0.2) is 14.4 Å². The zero-order valence-corrected chi connectivity index (χ0v) is 10.5. The van der Waals surface area contributed by atoms with Gasteiger partial charge in [0.1, 0.15) is 6.61 Å². The number of hydrogen-bond donors (Lipinski definition) is 1. The Morgan fingerprint density at radius 1 is 1.35 bits per heavy atom. The lowest BCUT2D eigenvalue weighted by Crippen LogP contribution is -2.20. The Kier molecular flexibility index (Phi) is 3.95. The van der Waals surface area contributed by atoms with Crippen LogP contribution in [0.4, 0.5) is 0 Å². The first-order chi connectivity index (χ1) is 9.51. The van der Waals surface area contributed by atoms with Gasteiger partial charge in [-0.2, -0.15) is 0 Å². The molecule has 1 heterocycles. The minimum absolute atomic E-state index is 0.175. The first-order valence-electron chi connectivity index (χ1n) is 5.88. The number of carbonyl (C=O) groups excluding carboxylic acids is 3. The van der Waals surface area contributed by atoms with Crippen LogP contribution >= 0.6 is 0 Å². The fraction of sp³-hybridized carbons (Fsp3) is 0.214. The summed E-state index contributed by atoms with van der Waals surface area (Å²) in [5, 5.41) is 9.72. The summed E-state index contributed by atoms with van der Waals surface area (Å²) in [4.78, 5) is 33.5. The van der Waals surface area contributed by atoms with E-state index in [0.29, 0.717) is 5.56 Å². The Balaban J connectivity index is 2.02. The highest BCUT2D eigenvalue weighted by Crippen LogP contribution is 2.21. The molecule has 0 spiro atoms. The Morgan fingerprint density at radius 3 is 2.75 bits per heavy atom. The molecule has 2 rings (SSSR count). The SMILES string of the molecule is C=CC(=O)OCC(O)Cc1ccc2c(c1)C(=O)OC2=O. The minimum Gasteiger partial charge on any atom is -0.460 e. The maximum Gasteiger partial charge on any atom is 0.346 e. The number of ether oxygens (including phenoxy) is 2. The summed E-state index contributed by atoms with van der Waals surface area (Å²) in [5.74, 6) is -1.98. The Morgan fingerprint density at radius 2 is 2.05 bits per heavy atom. The second kappa shape index (κ2) is 5.66. The van der Waals surface area contributed by atoms with E-state index in [1.165, 1.54) is 12.1 Å². The van der Waals surface area contributed by atoms with Gasteiger partial charge in [0.15, 0.2) is 0 Å². The Bertz CT molecular complexity index is 589. The third-order valence-electron chi connectivity index (χ3n) is 2.77. The van der Waals surface area contributed by atoms with Gasteiger partial charge < -0.3 is 14.6 Å². The number of carbonyl (C=O) groups is 3. The van der Waals surface area contributed by atoms with Crippen molar-refractivity contribution in [3.05, 3.63) is 47.5 Å². The van der Waals surface area contributed by atoms with Gasteiger partial charge in [-0.15, -0.1) is 0 Å². The second-order valence-electron chi connectivity index (χ2n) is 4.25. The maximum absolute atomic E-state index is 11.4. The molecule has 0 radical (unpaired) electrons. The number of benzene rings is 1. The number of rotatable bonds is 5. The van der Waals surface area contributed by atoms with Crippen molar-refractivity contribution in [1.29, 1.82) is 0 Å². The molecule has 0 amide bonds. The van der Waals surface area contributed by atoms with Gasteiger partial charge in [0.25, 0.3) is 0 Å². The molecular weight excluding hydrogens is 264 g/mol. The third kappa shape index (κ3) is 2.92. The molecule has 1 aliphatic heterocycles. The van der Waals surface area contributed by atoms with E-state index in [1.54, 1.807) is 6.07 Å². The average Bonchev–Trinajstić information content (AvgIpc) is 2.71. The third-order valence-corrected chi connectivity index (χ3v) is 2.77. The van der Waals surface area contributed by atoms with E-state index in [9.17, 15) is 19.5 Å². The van der Waals surface area contributed by atoms with E-state index in [-0.39, 0.29) is 24.2 Å². The van der Waals surface area contributed by atoms with Crippen molar-refractivity contribution in [3.63, 3.8) is 0 Å². The van der Waals surface area contributed by atoms with Gasteiger partial charge in [0.2, 0.25) is 0 Å². The quantitative estimate of drug-likeness (QED) is 0.482. The molecule has 0 aliphatic carbocycles. The molecule has 6 nitrogen and oxygen atoms in total. The summed E-state index contributed by atoms with van der Waals surface area (Å²) in [5.41, 5.74) is 1.03. The molecule has 1 unspecified atom stereocenters. The monoisotopic (exact) mass is 276 g/mol. The number of esters is 3. The lowest BCUT2D eigenvalue weighted by molar-refractivity contribution is -0.140. The number of fused-ring (bicyclic) bond motifs is 1. The first-order valence-corrected chi connectivity index (χ1v) is 5.88. The van der Waals surface area contributed by atoms with E-state index >= 15 is 0 Å². The lowest BCUT2D eigenvalue weighted by Gasteiger charge is -2.10. The van der Waals surface area contributed by atoms with E-state index in [4.69, 9.17) is 4.74 Å². The molecule has 6 heteroatoms.